The third-order valence-corrected chi connectivity index (χ3v) is 3.07. The van der Waals surface area contributed by atoms with Gasteiger partial charge in [0.25, 0.3) is 0 Å². The molecule has 1 N–H and O–H groups in total. The van der Waals surface area contributed by atoms with Gasteiger partial charge in [0, 0.05) is 24.5 Å². The van der Waals surface area contributed by atoms with Crippen molar-refractivity contribution in [2.24, 2.45) is 0 Å². The van der Waals surface area contributed by atoms with Gasteiger partial charge in [0.2, 0.25) is 5.88 Å². The van der Waals surface area contributed by atoms with Gasteiger partial charge in [0.1, 0.15) is 0 Å². The van der Waals surface area contributed by atoms with Crippen molar-refractivity contribution >= 4 is 0 Å². The van der Waals surface area contributed by atoms with Crippen molar-refractivity contribution < 1.29 is 4.74 Å². The van der Waals surface area contributed by atoms with E-state index in [9.17, 15) is 0 Å². The molecule has 0 aliphatic heterocycles. The molecule has 5 heteroatoms. The van der Waals surface area contributed by atoms with Gasteiger partial charge in [-0.25, -0.2) is 4.98 Å². The summed E-state index contributed by atoms with van der Waals surface area (Å²) in [6.07, 6.45) is 4.62. The molecule has 0 aliphatic carbocycles. The lowest BCUT2D eigenvalue weighted by Gasteiger charge is -2.19. The van der Waals surface area contributed by atoms with Crippen LogP contribution in [0, 0.1) is 0 Å². The highest BCUT2D eigenvalue weighted by Crippen LogP contribution is 2.27. The average Bonchev–Trinajstić information content (AvgIpc) is 2.89. The van der Waals surface area contributed by atoms with E-state index in [1.165, 1.54) is 0 Å². The van der Waals surface area contributed by atoms with E-state index in [2.05, 4.69) is 22.3 Å². The molecule has 0 aliphatic rings. The zero-order valence-corrected chi connectivity index (χ0v) is 11.6. The van der Waals surface area contributed by atoms with E-state index >= 15 is 0 Å². The molecular formula is C14H20N4O. The summed E-state index contributed by atoms with van der Waals surface area (Å²) in [5.74, 6) is 0.645. The van der Waals surface area contributed by atoms with Crippen LogP contribution in [0.25, 0.3) is 0 Å². The van der Waals surface area contributed by atoms with Crippen LogP contribution in [0.5, 0.6) is 5.88 Å². The van der Waals surface area contributed by atoms with Crippen molar-refractivity contribution in [2.45, 2.75) is 25.9 Å². The van der Waals surface area contributed by atoms with Crippen molar-refractivity contribution in [3.63, 3.8) is 0 Å². The highest BCUT2D eigenvalue weighted by molar-refractivity contribution is 5.34. The minimum Gasteiger partial charge on any atom is -0.481 e. The number of pyridine rings is 1. The van der Waals surface area contributed by atoms with E-state index in [4.69, 9.17) is 4.74 Å². The third-order valence-electron chi connectivity index (χ3n) is 3.07. The Labute approximate surface area is 113 Å². The minimum absolute atomic E-state index is 0.0256. The third kappa shape index (κ3) is 2.76. The van der Waals surface area contributed by atoms with E-state index in [0.29, 0.717) is 5.88 Å². The van der Waals surface area contributed by atoms with E-state index in [1.54, 1.807) is 13.3 Å². The van der Waals surface area contributed by atoms with Gasteiger partial charge < -0.3 is 10.1 Å². The van der Waals surface area contributed by atoms with Gasteiger partial charge in [-0.2, -0.15) is 5.10 Å². The van der Waals surface area contributed by atoms with Crippen LogP contribution in [0.1, 0.15) is 30.6 Å². The number of hydrogen-bond acceptors (Lipinski definition) is 4. The highest BCUT2D eigenvalue weighted by Gasteiger charge is 2.20. The molecular weight excluding hydrogens is 240 g/mol. The number of rotatable bonds is 6. The first-order valence-corrected chi connectivity index (χ1v) is 6.49. The number of nitrogens with one attached hydrogen (secondary N) is 1. The topological polar surface area (TPSA) is 52.0 Å². The SMILES string of the molecule is CCCn1nccc1C(NC)c1cccnc1OC. The van der Waals surface area contributed by atoms with Crippen LogP contribution in [-0.2, 0) is 6.54 Å². The Kier molecular flexibility index (Phi) is 4.52. The minimum atomic E-state index is 0.0256. The standard InChI is InChI=1S/C14H20N4O/c1-4-10-18-12(7-9-17-18)13(15-2)11-6-5-8-16-14(11)19-3/h5-9,13,15H,4,10H2,1-3H3. The summed E-state index contributed by atoms with van der Waals surface area (Å²) in [6, 6.07) is 6.00. The molecule has 0 radical (unpaired) electrons. The zero-order valence-electron chi connectivity index (χ0n) is 11.6. The normalized spacial score (nSPS) is 12.4. The fraction of sp³-hybridized carbons (Fsp3) is 0.429. The second-order valence-corrected chi connectivity index (χ2v) is 4.30. The van der Waals surface area contributed by atoms with Crippen molar-refractivity contribution in [1.82, 2.24) is 20.1 Å². The molecule has 0 saturated carbocycles. The van der Waals surface area contributed by atoms with Crippen LogP contribution in [0.15, 0.2) is 30.6 Å². The summed E-state index contributed by atoms with van der Waals surface area (Å²) in [4.78, 5) is 4.26. The molecule has 2 aromatic heterocycles. The maximum absolute atomic E-state index is 5.35. The maximum atomic E-state index is 5.35. The van der Waals surface area contributed by atoms with Crippen LogP contribution < -0.4 is 10.1 Å². The summed E-state index contributed by atoms with van der Waals surface area (Å²) >= 11 is 0. The fourth-order valence-electron chi connectivity index (χ4n) is 2.24. The molecule has 0 fully saturated rings. The van der Waals surface area contributed by atoms with Crippen LogP contribution >= 0.6 is 0 Å². The quantitative estimate of drug-likeness (QED) is 0.863. The monoisotopic (exact) mass is 260 g/mol. The smallest absolute Gasteiger partial charge is 0.218 e. The molecule has 0 aromatic carbocycles. The lowest BCUT2D eigenvalue weighted by Crippen LogP contribution is -2.22. The summed E-state index contributed by atoms with van der Waals surface area (Å²) < 4.78 is 7.37. The maximum Gasteiger partial charge on any atom is 0.218 e. The largest absolute Gasteiger partial charge is 0.481 e. The van der Waals surface area contributed by atoms with Crippen LogP contribution in [0.4, 0.5) is 0 Å². The Morgan fingerprint density at radius 2 is 2.21 bits per heavy atom. The van der Waals surface area contributed by atoms with Crippen molar-refractivity contribution in [3.05, 3.63) is 41.9 Å². The Bertz CT molecular complexity index is 524. The molecule has 2 heterocycles. The van der Waals surface area contributed by atoms with Gasteiger partial charge in [0.05, 0.1) is 18.8 Å². The first kappa shape index (κ1) is 13.5. The molecule has 1 unspecified atom stereocenters. The highest BCUT2D eigenvalue weighted by atomic mass is 16.5. The lowest BCUT2D eigenvalue weighted by atomic mass is 10.1. The van der Waals surface area contributed by atoms with E-state index in [-0.39, 0.29) is 6.04 Å². The van der Waals surface area contributed by atoms with Gasteiger partial charge in [-0.15, -0.1) is 0 Å². The Morgan fingerprint density at radius 3 is 2.89 bits per heavy atom. The molecule has 0 spiro atoms. The molecule has 0 bridgehead atoms. The van der Waals surface area contributed by atoms with Gasteiger partial charge in [-0.3, -0.25) is 4.68 Å². The predicted octanol–water partition coefficient (Wildman–Crippen LogP) is 2.01. The van der Waals surface area contributed by atoms with Crippen molar-refractivity contribution in [3.8, 4) is 5.88 Å². The number of nitrogens with zero attached hydrogens (tertiary/aromatic N) is 3. The Hall–Kier alpha value is -1.88. The average molecular weight is 260 g/mol. The van der Waals surface area contributed by atoms with Gasteiger partial charge >= 0.3 is 0 Å². The predicted molar refractivity (Wildman–Crippen MR) is 74.2 cm³/mol. The van der Waals surface area contributed by atoms with Crippen molar-refractivity contribution in [2.75, 3.05) is 14.2 Å². The number of hydrogen-bond donors (Lipinski definition) is 1. The van der Waals surface area contributed by atoms with Crippen LogP contribution in [0.2, 0.25) is 0 Å². The van der Waals surface area contributed by atoms with Crippen molar-refractivity contribution in [1.29, 1.82) is 0 Å². The molecule has 0 amide bonds. The second-order valence-electron chi connectivity index (χ2n) is 4.30. The molecule has 2 rings (SSSR count). The number of ether oxygens (including phenoxy) is 1. The fourth-order valence-corrected chi connectivity index (χ4v) is 2.24. The van der Waals surface area contributed by atoms with E-state index in [1.807, 2.05) is 36.1 Å². The molecule has 5 nitrogen and oxygen atoms in total. The first-order valence-electron chi connectivity index (χ1n) is 6.49. The van der Waals surface area contributed by atoms with E-state index < -0.39 is 0 Å². The summed E-state index contributed by atoms with van der Waals surface area (Å²) in [5.41, 5.74) is 2.14. The summed E-state index contributed by atoms with van der Waals surface area (Å²) in [6.45, 7) is 3.05. The number of aromatic nitrogens is 3. The van der Waals surface area contributed by atoms with Gasteiger partial charge in [0.15, 0.2) is 0 Å². The molecule has 0 saturated heterocycles. The molecule has 102 valence electrons. The van der Waals surface area contributed by atoms with Gasteiger partial charge in [-0.1, -0.05) is 13.0 Å². The molecule has 1 atom stereocenters. The number of methoxy groups -OCH3 is 1. The van der Waals surface area contributed by atoms with Gasteiger partial charge in [-0.05, 0) is 25.6 Å². The Balaban J connectivity index is 2.41. The zero-order chi connectivity index (χ0) is 13.7. The second kappa shape index (κ2) is 6.33. The lowest BCUT2D eigenvalue weighted by molar-refractivity contribution is 0.386. The van der Waals surface area contributed by atoms with E-state index in [0.717, 1.165) is 24.2 Å². The summed E-state index contributed by atoms with van der Waals surface area (Å²) in [5, 5.41) is 7.68. The first-order chi connectivity index (χ1) is 9.31. The molecule has 19 heavy (non-hydrogen) atoms. The van der Waals surface area contributed by atoms with Crippen LogP contribution in [0.3, 0.4) is 0 Å². The van der Waals surface area contributed by atoms with Crippen LogP contribution in [-0.4, -0.2) is 28.9 Å². The molecule has 2 aromatic rings. The summed E-state index contributed by atoms with van der Waals surface area (Å²) in [7, 11) is 3.57. The Morgan fingerprint density at radius 1 is 1.37 bits per heavy atom. The number of aryl methyl sites for hydroxylation is 1.